The van der Waals surface area contributed by atoms with Crippen molar-refractivity contribution in [3.8, 4) is 0 Å². The first-order valence-corrected chi connectivity index (χ1v) is 7.37. The number of hydrogen-bond donors (Lipinski definition) is 2. The number of aromatic nitrogens is 2. The number of nitrogens with one attached hydrogen (secondary N) is 2. The van der Waals surface area contributed by atoms with Crippen LogP contribution in [0.3, 0.4) is 0 Å². The van der Waals surface area contributed by atoms with Gasteiger partial charge in [-0.25, -0.2) is 9.97 Å². The molecule has 5 heteroatoms. The third kappa shape index (κ3) is 3.61. The van der Waals surface area contributed by atoms with E-state index in [0.717, 1.165) is 16.8 Å². The van der Waals surface area contributed by atoms with Gasteiger partial charge in [-0.05, 0) is 18.7 Å². The van der Waals surface area contributed by atoms with E-state index in [1.165, 1.54) is 17.3 Å². The second-order valence-corrected chi connectivity index (χ2v) is 4.93. The summed E-state index contributed by atoms with van der Waals surface area (Å²) < 4.78 is 0. The molecule has 2 aromatic rings. The zero-order valence-electron chi connectivity index (χ0n) is 11.3. The number of nitrogens with zero attached hydrogens (tertiary/aromatic N) is 2. The van der Waals surface area contributed by atoms with E-state index in [2.05, 4.69) is 39.7 Å². The van der Waals surface area contributed by atoms with Crippen molar-refractivity contribution in [2.75, 3.05) is 23.9 Å². The maximum absolute atomic E-state index is 4.47. The number of thioether (sulfide) groups is 1. The smallest absolute Gasteiger partial charge is 0.191 e. The molecule has 0 amide bonds. The van der Waals surface area contributed by atoms with Crippen LogP contribution in [-0.2, 0) is 0 Å². The Labute approximate surface area is 118 Å². The van der Waals surface area contributed by atoms with E-state index < -0.39 is 0 Å². The molecule has 0 fully saturated rings. The summed E-state index contributed by atoms with van der Waals surface area (Å²) in [6, 6.07) is 12.4. The highest BCUT2D eigenvalue weighted by Gasteiger charge is 2.08. The Morgan fingerprint density at radius 1 is 1.11 bits per heavy atom. The van der Waals surface area contributed by atoms with Crippen LogP contribution in [0, 0.1) is 0 Å². The van der Waals surface area contributed by atoms with Gasteiger partial charge in [-0.3, -0.25) is 0 Å². The van der Waals surface area contributed by atoms with Crippen LogP contribution in [0.1, 0.15) is 18.5 Å². The van der Waals surface area contributed by atoms with Crippen molar-refractivity contribution in [2.45, 2.75) is 18.1 Å². The van der Waals surface area contributed by atoms with Crippen molar-refractivity contribution < 1.29 is 0 Å². The van der Waals surface area contributed by atoms with Crippen molar-refractivity contribution in [3.05, 3.63) is 42.0 Å². The molecular weight excluding hydrogens is 256 g/mol. The topological polar surface area (TPSA) is 49.8 Å². The molecule has 1 aromatic carbocycles. The first-order valence-electron chi connectivity index (χ1n) is 6.15. The van der Waals surface area contributed by atoms with Crippen LogP contribution in [0.4, 0.5) is 11.6 Å². The predicted molar refractivity (Wildman–Crippen MR) is 81.8 cm³/mol. The second kappa shape index (κ2) is 6.43. The van der Waals surface area contributed by atoms with Crippen LogP contribution in [0.5, 0.6) is 0 Å². The van der Waals surface area contributed by atoms with Crippen LogP contribution in [0.2, 0.25) is 0 Å². The van der Waals surface area contributed by atoms with Crippen LogP contribution in [0.25, 0.3) is 0 Å². The van der Waals surface area contributed by atoms with E-state index in [4.69, 9.17) is 0 Å². The quantitative estimate of drug-likeness (QED) is 0.646. The molecule has 0 aliphatic carbocycles. The molecule has 1 heterocycles. The van der Waals surface area contributed by atoms with E-state index in [9.17, 15) is 0 Å². The molecule has 100 valence electrons. The predicted octanol–water partition coefficient (Wildman–Crippen LogP) is 3.41. The lowest BCUT2D eigenvalue weighted by Crippen LogP contribution is -2.09. The molecule has 1 aromatic heterocycles. The summed E-state index contributed by atoms with van der Waals surface area (Å²) >= 11 is 1.53. The lowest BCUT2D eigenvalue weighted by molar-refractivity contribution is 0.856. The number of benzene rings is 1. The summed E-state index contributed by atoms with van der Waals surface area (Å²) in [6.45, 7) is 2.12. The molecule has 0 saturated heterocycles. The minimum Gasteiger partial charge on any atom is -0.373 e. The van der Waals surface area contributed by atoms with Crippen LogP contribution >= 0.6 is 11.8 Å². The van der Waals surface area contributed by atoms with Gasteiger partial charge in [0.05, 0.1) is 0 Å². The van der Waals surface area contributed by atoms with E-state index in [-0.39, 0.29) is 6.04 Å². The average Bonchev–Trinajstić information content (AvgIpc) is 2.47. The molecule has 4 nitrogen and oxygen atoms in total. The molecule has 0 bridgehead atoms. The summed E-state index contributed by atoms with van der Waals surface area (Å²) in [6.07, 6.45) is 1.97. The fraction of sp³-hybridized carbons (Fsp3) is 0.286. The van der Waals surface area contributed by atoms with Crippen molar-refractivity contribution in [3.63, 3.8) is 0 Å². The zero-order valence-corrected chi connectivity index (χ0v) is 12.2. The molecule has 2 rings (SSSR count). The Kier molecular flexibility index (Phi) is 4.63. The average molecular weight is 274 g/mol. The number of rotatable bonds is 5. The van der Waals surface area contributed by atoms with Crippen LogP contribution in [0.15, 0.2) is 41.6 Å². The molecule has 19 heavy (non-hydrogen) atoms. The standard InChI is InChI=1S/C14H18N4S/c1-10(11-7-5-4-6-8-11)16-13-9-12(15-2)17-14(18-13)19-3/h4-10H,1-3H3,(H2,15,16,17,18). The van der Waals surface area contributed by atoms with Gasteiger partial charge in [0.2, 0.25) is 0 Å². The van der Waals surface area contributed by atoms with Gasteiger partial charge >= 0.3 is 0 Å². The summed E-state index contributed by atoms with van der Waals surface area (Å²) in [7, 11) is 1.86. The van der Waals surface area contributed by atoms with E-state index in [1.807, 2.05) is 37.6 Å². The molecular formula is C14H18N4S. The zero-order chi connectivity index (χ0) is 13.7. The third-order valence-electron chi connectivity index (χ3n) is 2.81. The maximum atomic E-state index is 4.47. The second-order valence-electron chi connectivity index (χ2n) is 4.15. The lowest BCUT2D eigenvalue weighted by Gasteiger charge is -2.16. The lowest BCUT2D eigenvalue weighted by atomic mass is 10.1. The fourth-order valence-corrected chi connectivity index (χ4v) is 2.14. The maximum Gasteiger partial charge on any atom is 0.191 e. The van der Waals surface area contributed by atoms with Gasteiger partial charge < -0.3 is 10.6 Å². The Morgan fingerprint density at radius 3 is 2.42 bits per heavy atom. The summed E-state index contributed by atoms with van der Waals surface area (Å²) in [5.74, 6) is 1.65. The Morgan fingerprint density at radius 2 is 1.79 bits per heavy atom. The van der Waals surface area contributed by atoms with E-state index in [1.54, 1.807) is 0 Å². The molecule has 0 radical (unpaired) electrons. The summed E-state index contributed by atoms with van der Waals surface area (Å²) in [5, 5.41) is 7.21. The van der Waals surface area contributed by atoms with Gasteiger partial charge in [-0.1, -0.05) is 42.1 Å². The third-order valence-corrected chi connectivity index (χ3v) is 3.36. The Balaban J connectivity index is 2.18. The van der Waals surface area contributed by atoms with Crippen LogP contribution < -0.4 is 10.6 Å². The first-order chi connectivity index (χ1) is 9.22. The summed E-state index contributed by atoms with van der Waals surface area (Å²) in [4.78, 5) is 8.82. The molecule has 0 aliphatic rings. The summed E-state index contributed by atoms with van der Waals surface area (Å²) in [5.41, 5.74) is 1.23. The van der Waals surface area contributed by atoms with Gasteiger partial charge in [-0.15, -0.1) is 0 Å². The van der Waals surface area contributed by atoms with E-state index in [0.29, 0.717) is 0 Å². The normalized spacial score (nSPS) is 11.9. The van der Waals surface area contributed by atoms with Gasteiger partial charge in [0.25, 0.3) is 0 Å². The highest BCUT2D eigenvalue weighted by atomic mass is 32.2. The van der Waals surface area contributed by atoms with E-state index >= 15 is 0 Å². The largest absolute Gasteiger partial charge is 0.373 e. The van der Waals surface area contributed by atoms with Crippen LogP contribution in [-0.4, -0.2) is 23.3 Å². The molecule has 0 saturated carbocycles. The minimum absolute atomic E-state index is 0.204. The van der Waals surface area contributed by atoms with Gasteiger partial charge in [-0.2, -0.15) is 0 Å². The highest BCUT2D eigenvalue weighted by molar-refractivity contribution is 7.98. The fourth-order valence-electron chi connectivity index (χ4n) is 1.77. The number of anilines is 2. The van der Waals surface area contributed by atoms with Gasteiger partial charge in [0.1, 0.15) is 11.6 Å². The molecule has 1 atom stereocenters. The van der Waals surface area contributed by atoms with Crippen molar-refractivity contribution in [2.24, 2.45) is 0 Å². The Bertz CT molecular complexity index is 508. The van der Waals surface area contributed by atoms with Crippen molar-refractivity contribution in [1.82, 2.24) is 9.97 Å². The minimum atomic E-state index is 0.204. The molecule has 2 N–H and O–H groups in total. The molecule has 0 aliphatic heterocycles. The van der Waals surface area contributed by atoms with Gasteiger partial charge in [0, 0.05) is 19.2 Å². The van der Waals surface area contributed by atoms with Crippen molar-refractivity contribution in [1.29, 1.82) is 0 Å². The monoisotopic (exact) mass is 274 g/mol. The molecule has 0 spiro atoms. The Hall–Kier alpha value is -1.75. The first kappa shape index (κ1) is 13.7. The number of hydrogen-bond acceptors (Lipinski definition) is 5. The highest BCUT2D eigenvalue weighted by Crippen LogP contribution is 2.21. The van der Waals surface area contributed by atoms with Crippen molar-refractivity contribution >= 4 is 23.4 Å². The molecule has 1 unspecified atom stereocenters. The SMILES string of the molecule is CNc1cc(NC(C)c2ccccc2)nc(SC)n1. The van der Waals surface area contributed by atoms with Gasteiger partial charge in [0.15, 0.2) is 5.16 Å².